The van der Waals surface area contributed by atoms with Crippen molar-refractivity contribution in [2.45, 2.75) is 52.2 Å². The fraction of sp³-hybridized carbons (Fsp3) is 0.385. The summed E-state index contributed by atoms with van der Waals surface area (Å²) in [5, 5.41) is 2.85. The molecule has 1 unspecified atom stereocenters. The van der Waals surface area contributed by atoms with Crippen LogP contribution in [0.2, 0.25) is 0 Å². The summed E-state index contributed by atoms with van der Waals surface area (Å²) in [7, 11) is 1.57. The predicted octanol–water partition coefficient (Wildman–Crippen LogP) is 3.01. The third-order valence-corrected chi connectivity index (χ3v) is 5.74. The minimum atomic E-state index is -0.694. The van der Waals surface area contributed by atoms with Crippen LogP contribution in [0.15, 0.2) is 48.5 Å². The van der Waals surface area contributed by atoms with Gasteiger partial charge in [0.1, 0.15) is 11.8 Å². The number of carbonyl (C=O) groups is 4. The van der Waals surface area contributed by atoms with E-state index in [0.717, 1.165) is 5.56 Å². The lowest BCUT2D eigenvalue weighted by Crippen LogP contribution is -2.49. The Morgan fingerprint density at radius 1 is 1.00 bits per heavy atom. The molecule has 3 rings (SSSR count). The van der Waals surface area contributed by atoms with E-state index in [1.54, 1.807) is 38.3 Å². The quantitative estimate of drug-likeness (QED) is 0.544. The molecule has 1 aliphatic heterocycles. The maximum absolute atomic E-state index is 13.2. The molecule has 2 aromatic rings. The van der Waals surface area contributed by atoms with Gasteiger partial charge in [0.15, 0.2) is 0 Å². The molecule has 0 saturated carbocycles. The standard InChI is InChI=1S/C26H31N3O5/c1-17(2)27-24(31)18(3)29(16-19-9-7-10-20(15-19)34-4)23(30)13-8-14-28-25(32)21-11-5-6-12-22(21)26(28)33/h5-7,9-12,15,17-18H,8,13-14,16H2,1-4H3,(H,27,31). The molecule has 34 heavy (non-hydrogen) atoms. The van der Waals surface area contributed by atoms with Gasteiger partial charge in [0.2, 0.25) is 11.8 Å². The van der Waals surface area contributed by atoms with Crippen molar-refractivity contribution in [1.29, 1.82) is 0 Å². The second kappa shape index (κ2) is 11.0. The predicted molar refractivity (Wildman–Crippen MR) is 127 cm³/mol. The highest BCUT2D eigenvalue weighted by Crippen LogP contribution is 2.23. The number of amides is 4. The lowest BCUT2D eigenvalue weighted by Gasteiger charge is -2.29. The van der Waals surface area contributed by atoms with Gasteiger partial charge >= 0.3 is 0 Å². The highest BCUT2D eigenvalue weighted by Gasteiger charge is 2.35. The van der Waals surface area contributed by atoms with Crippen LogP contribution < -0.4 is 10.1 Å². The molecule has 0 fully saturated rings. The van der Waals surface area contributed by atoms with Gasteiger partial charge in [0.05, 0.1) is 18.2 Å². The van der Waals surface area contributed by atoms with Gasteiger partial charge in [-0.3, -0.25) is 24.1 Å². The molecular weight excluding hydrogens is 434 g/mol. The zero-order valence-corrected chi connectivity index (χ0v) is 20.0. The van der Waals surface area contributed by atoms with E-state index >= 15 is 0 Å². The van der Waals surface area contributed by atoms with Crippen LogP contribution in [-0.2, 0) is 16.1 Å². The number of fused-ring (bicyclic) bond motifs is 1. The largest absolute Gasteiger partial charge is 0.497 e. The molecule has 180 valence electrons. The molecule has 8 heteroatoms. The van der Waals surface area contributed by atoms with Crippen LogP contribution >= 0.6 is 0 Å². The van der Waals surface area contributed by atoms with Crippen molar-refractivity contribution in [3.63, 3.8) is 0 Å². The van der Waals surface area contributed by atoms with Crippen molar-refractivity contribution in [3.8, 4) is 5.75 Å². The first-order valence-electron chi connectivity index (χ1n) is 11.4. The van der Waals surface area contributed by atoms with Crippen LogP contribution in [0.4, 0.5) is 0 Å². The van der Waals surface area contributed by atoms with Crippen LogP contribution in [-0.4, -0.2) is 59.2 Å². The van der Waals surface area contributed by atoms with E-state index in [1.165, 1.54) is 9.80 Å². The molecule has 8 nitrogen and oxygen atoms in total. The Bertz CT molecular complexity index is 1050. The molecule has 0 spiro atoms. The molecular formula is C26H31N3O5. The number of rotatable bonds is 10. The van der Waals surface area contributed by atoms with Gasteiger partial charge < -0.3 is 15.0 Å². The number of hydrogen-bond donors (Lipinski definition) is 1. The summed E-state index contributed by atoms with van der Waals surface area (Å²) in [6, 6.07) is 13.3. The summed E-state index contributed by atoms with van der Waals surface area (Å²) >= 11 is 0. The molecule has 1 aliphatic rings. The monoisotopic (exact) mass is 465 g/mol. The summed E-state index contributed by atoms with van der Waals surface area (Å²) in [4.78, 5) is 53.7. The lowest BCUT2D eigenvalue weighted by molar-refractivity contribution is -0.140. The zero-order chi connectivity index (χ0) is 24.8. The molecule has 2 aromatic carbocycles. The van der Waals surface area contributed by atoms with E-state index in [2.05, 4.69) is 5.32 Å². The maximum atomic E-state index is 13.2. The molecule has 0 radical (unpaired) electrons. The smallest absolute Gasteiger partial charge is 0.261 e. The summed E-state index contributed by atoms with van der Waals surface area (Å²) in [5.41, 5.74) is 1.60. The fourth-order valence-electron chi connectivity index (χ4n) is 3.93. The fourth-order valence-corrected chi connectivity index (χ4v) is 3.93. The van der Waals surface area contributed by atoms with Gasteiger partial charge in [-0.15, -0.1) is 0 Å². The van der Waals surface area contributed by atoms with Crippen molar-refractivity contribution in [2.24, 2.45) is 0 Å². The summed E-state index contributed by atoms with van der Waals surface area (Å²) in [5.74, 6) is -0.496. The maximum Gasteiger partial charge on any atom is 0.261 e. The second-order valence-electron chi connectivity index (χ2n) is 8.62. The van der Waals surface area contributed by atoms with Crippen LogP contribution in [0.1, 0.15) is 59.9 Å². The third kappa shape index (κ3) is 5.62. The summed E-state index contributed by atoms with van der Waals surface area (Å²) < 4.78 is 5.27. The number of carbonyl (C=O) groups excluding carboxylic acids is 4. The second-order valence-corrected chi connectivity index (χ2v) is 8.62. The third-order valence-electron chi connectivity index (χ3n) is 5.74. The van der Waals surface area contributed by atoms with Crippen LogP contribution in [0.3, 0.4) is 0 Å². The van der Waals surface area contributed by atoms with E-state index in [9.17, 15) is 19.2 Å². The molecule has 1 atom stereocenters. The van der Waals surface area contributed by atoms with E-state index in [4.69, 9.17) is 4.74 Å². The Hall–Kier alpha value is -3.68. The number of nitrogens with zero attached hydrogens (tertiary/aromatic N) is 2. The Kier molecular flexibility index (Phi) is 8.04. The molecule has 1 heterocycles. The van der Waals surface area contributed by atoms with Crippen LogP contribution in [0.25, 0.3) is 0 Å². The molecule has 0 aliphatic carbocycles. The van der Waals surface area contributed by atoms with Crippen LogP contribution in [0.5, 0.6) is 5.75 Å². The van der Waals surface area contributed by atoms with Crippen molar-refractivity contribution in [2.75, 3.05) is 13.7 Å². The lowest BCUT2D eigenvalue weighted by atomic mass is 10.1. The summed E-state index contributed by atoms with van der Waals surface area (Å²) in [6.07, 6.45) is 0.397. The number of imide groups is 1. The Morgan fingerprint density at radius 2 is 1.65 bits per heavy atom. The SMILES string of the molecule is COc1cccc(CN(C(=O)CCCN2C(=O)c3ccccc3C2=O)C(C)C(=O)NC(C)C)c1. The van der Waals surface area contributed by atoms with Crippen molar-refractivity contribution in [3.05, 3.63) is 65.2 Å². The number of ether oxygens (including phenoxy) is 1. The average Bonchev–Trinajstić information content (AvgIpc) is 3.06. The van der Waals surface area contributed by atoms with E-state index in [0.29, 0.717) is 23.3 Å². The van der Waals surface area contributed by atoms with E-state index in [-0.39, 0.29) is 49.2 Å². The topological polar surface area (TPSA) is 96.0 Å². The molecule has 4 amide bonds. The van der Waals surface area contributed by atoms with Crippen LogP contribution in [0, 0.1) is 0 Å². The highest BCUT2D eigenvalue weighted by molar-refractivity contribution is 6.21. The van der Waals surface area contributed by atoms with Gasteiger partial charge in [-0.05, 0) is 57.0 Å². The number of hydrogen-bond acceptors (Lipinski definition) is 5. The van der Waals surface area contributed by atoms with Gasteiger partial charge in [0, 0.05) is 25.6 Å². The van der Waals surface area contributed by atoms with Gasteiger partial charge in [-0.1, -0.05) is 24.3 Å². The number of methoxy groups -OCH3 is 1. The van der Waals surface area contributed by atoms with E-state index in [1.807, 2.05) is 38.1 Å². The highest BCUT2D eigenvalue weighted by atomic mass is 16.5. The molecule has 0 saturated heterocycles. The minimum Gasteiger partial charge on any atom is -0.497 e. The number of nitrogens with one attached hydrogen (secondary N) is 1. The molecule has 1 N–H and O–H groups in total. The van der Waals surface area contributed by atoms with E-state index < -0.39 is 6.04 Å². The Balaban J connectivity index is 1.69. The average molecular weight is 466 g/mol. The number of benzene rings is 2. The first-order valence-corrected chi connectivity index (χ1v) is 11.4. The Morgan fingerprint density at radius 3 is 2.24 bits per heavy atom. The minimum absolute atomic E-state index is 0.0578. The van der Waals surface area contributed by atoms with Crippen molar-refractivity contribution in [1.82, 2.24) is 15.1 Å². The summed E-state index contributed by atoms with van der Waals surface area (Å²) in [6.45, 7) is 5.79. The Labute approximate surface area is 199 Å². The van der Waals surface area contributed by atoms with Crippen molar-refractivity contribution >= 4 is 23.6 Å². The van der Waals surface area contributed by atoms with Crippen molar-refractivity contribution < 1.29 is 23.9 Å². The van der Waals surface area contributed by atoms with Gasteiger partial charge in [0.25, 0.3) is 11.8 Å². The first-order chi connectivity index (χ1) is 16.2. The molecule has 0 bridgehead atoms. The van der Waals surface area contributed by atoms with Gasteiger partial charge in [-0.25, -0.2) is 0 Å². The first kappa shape index (κ1) is 25.0. The zero-order valence-electron chi connectivity index (χ0n) is 20.0. The normalized spacial score (nSPS) is 13.6. The molecule has 0 aromatic heterocycles. The van der Waals surface area contributed by atoms with Gasteiger partial charge in [-0.2, -0.15) is 0 Å².